The lowest BCUT2D eigenvalue weighted by Crippen LogP contribution is -2.29. The third-order valence-corrected chi connectivity index (χ3v) is 3.73. The van der Waals surface area contributed by atoms with Crippen molar-refractivity contribution in [1.29, 1.82) is 0 Å². The van der Waals surface area contributed by atoms with Gasteiger partial charge in [-0.25, -0.2) is 9.18 Å². The van der Waals surface area contributed by atoms with E-state index in [1.165, 1.54) is 39.5 Å². The number of ether oxygens (including phenoxy) is 5. The van der Waals surface area contributed by atoms with Gasteiger partial charge in [0.1, 0.15) is 11.6 Å². The summed E-state index contributed by atoms with van der Waals surface area (Å²) in [5.74, 6) is -0.197. The Bertz CT molecular complexity index is 831. The van der Waals surface area contributed by atoms with Crippen molar-refractivity contribution in [3.8, 4) is 23.0 Å². The minimum Gasteiger partial charge on any atom is -0.493 e. The number of amides is 1. The van der Waals surface area contributed by atoms with Gasteiger partial charge in [-0.3, -0.25) is 4.79 Å². The summed E-state index contributed by atoms with van der Waals surface area (Å²) >= 11 is 0. The van der Waals surface area contributed by atoms with E-state index in [2.05, 4.69) is 5.32 Å². The van der Waals surface area contributed by atoms with Crippen LogP contribution in [0.15, 0.2) is 36.4 Å². The van der Waals surface area contributed by atoms with Gasteiger partial charge in [0.2, 0.25) is 5.75 Å². The molecule has 0 aromatic heterocycles. The van der Waals surface area contributed by atoms with Crippen LogP contribution in [0, 0.1) is 5.82 Å². The van der Waals surface area contributed by atoms with Crippen LogP contribution >= 0.6 is 0 Å². The van der Waals surface area contributed by atoms with Gasteiger partial charge in [0, 0.05) is 12.6 Å². The molecule has 2 rings (SSSR count). The summed E-state index contributed by atoms with van der Waals surface area (Å²) < 4.78 is 38.7. The van der Waals surface area contributed by atoms with Crippen molar-refractivity contribution in [1.82, 2.24) is 5.32 Å². The molecule has 2 aromatic rings. The summed E-state index contributed by atoms with van der Waals surface area (Å²) in [6.45, 7) is -0.758. The highest BCUT2D eigenvalue weighted by atomic mass is 19.1. The van der Waals surface area contributed by atoms with Crippen LogP contribution in [0.3, 0.4) is 0 Å². The lowest BCUT2D eigenvalue weighted by molar-refractivity contribution is -0.150. The van der Waals surface area contributed by atoms with Gasteiger partial charge in [0.25, 0.3) is 5.91 Å². The molecule has 0 unspecified atom stereocenters. The first-order valence-electron chi connectivity index (χ1n) is 8.56. The molecule has 0 aliphatic carbocycles. The minimum absolute atomic E-state index is 0.160. The highest BCUT2D eigenvalue weighted by Gasteiger charge is 2.14. The fourth-order valence-electron chi connectivity index (χ4n) is 2.38. The van der Waals surface area contributed by atoms with E-state index in [0.29, 0.717) is 22.8 Å². The van der Waals surface area contributed by atoms with Gasteiger partial charge < -0.3 is 29.0 Å². The molecule has 9 heteroatoms. The predicted molar refractivity (Wildman–Crippen MR) is 101 cm³/mol. The molecule has 0 bridgehead atoms. The topological polar surface area (TPSA) is 92.3 Å². The van der Waals surface area contributed by atoms with E-state index in [1.54, 1.807) is 12.1 Å². The molecule has 156 valence electrons. The zero-order chi connectivity index (χ0) is 21.2. The van der Waals surface area contributed by atoms with Crippen LogP contribution in [0.2, 0.25) is 0 Å². The van der Waals surface area contributed by atoms with Gasteiger partial charge in [-0.05, 0) is 29.8 Å². The Morgan fingerprint density at radius 3 is 2.24 bits per heavy atom. The summed E-state index contributed by atoms with van der Waals surface area (Å²) in [5, 5.41) is 2.62. The number of rotatable bonds is 10. The molecule has 0 aliphatic heterocycles. The molecule has 8 nitrogen and oxygen atoms in total. The van der Waals surface area contributed by atoms with Crippen molar-refractivity contribution in [3.05, 3.63) is 47.8 Å². The van der Waals surface area contributed by atoms with Crippen LogP contribution in [0.1, 0.15) is 5.56 Å². The van der Waals surface area contributed by atoms with Crippen LogP contribution in [0.5, 0.6) is 23.0 Å². The maximum atomic E-state index is 13.0. The van der Waals surface area contributed by atoms with Crippen molar-refractivity contribution >= 4 is 11.9 Å². The van der Waals surface area contributed by atoms with E-state index in [0.717, 1.165) is 6.07 Å². The molecule has 29 heavy (non-hydrogen) atoms. The Morgan fingerprint density at radius 2 is 1.66 bits per heavy atom. The second-order valence-electron chi connectivity index (χ2n) is 5.72. The van der Waals surface area contributed by atoms with E-state index in [4.69, 9.17) is 23.7 Å². The Labute approximate surface area is 167 Å². The summed E-state index contributed by atoms with van der Waals surface area (Å²) in [5.41, 5.74) is 0.702. The number of hydrogen-bond acceptors (Lipinski definition) is 7. The van der Waals surface area contributed by atoms with Crippen LogP contribution in [0.4, 0.5) is 4.39 Å². The number of carbonyl (C=O) groups is 2. The maximum Gasteiger partial charge on any atom is 0.344 e. The van der Waals surface area contributed by atoms with E-state index < -0.39 is 30.9 Å². The molecule has 0 fully saturated rings. The van der Waals surface area contributed by atoms with Crippen molar-refractivity contribution in [2.45, 2.75) is 6.54 Å². The lowest BCUT2D eigenvalue weighted by atomic mass is 10.1. The first kappa shape index (κ1) is 21.8. The normalized spacial score (nSPS) is 10.1. The standard InChI is InChI=1S/C20H22FNO7/c1-25-16-7-13(8-17(26-2)20(16)27-3)10-22-18(23)11-29-19(24)12-28-15-6-4-5-14(21)9-15/h4-9H,10-12H2,1-3H3,(H,22,23). The molecule has 0 aliphatic rings. The summed E-state index contributed by atoms with van der Waals surface area (Å²) in [6, 6.07) is 8.73. The molecule has 0 atom stereocenters. The minimum atomic E-state index is -0.753. The molecule has 1 amide bonds. The molecule has 1 N–H and O–H groups in total. The first-order valence-corrected chi connectivity index (χ1v) is 8.56. The highest BCUT2D eigenvalue weighted by Crippen LogP contribution is 2.38. The van der Waals surface area contributed by atoms with E-state index >= 15 is 0 Å². The lowest BCUT2D eigenvalue weighted by Gasteiger charge is -2.14. The highest BCUT2D eigenvalue weighted by molar-refractivity contribution is 5.80. The van der Waals surface area contributed by atoms with Gasteiger partial charge in [-0.2, -0.15) is 0 Å². The molecule has 0 heterocycles. The summed E-state index contributed by atoms with van der Waals surface area (Å²) in [7, 11) is 4.48. The monoisotopic (exact) mass is 407 g/mol. The van der Waals surface area contributed by atoms with E-state index in [9.17, 15) is 14.0 Å². The van der Waals surface area contributed by atoms with Crippen LogP contribution < -0.4 is 24.3 Å². The fraction of sp³-hybridized carbons (Fsp3) is 0.300. The van der Waals surface area contributed by atoms with Gasteiger partial charge >= 0.3 is 5.97 Å². The largest absolute Gasteiger partial charge is 0.493 e. The molecular formula is C20H22FNO7. The van der Waals surface area contributed by atoms with Crippen LogP contribution in [-0.2, 0) is 20.9 Å². The first-order chi connectivity index (χ1) is 14.0. The summed E-state index contributed by atoms with van der Waals surface area (Å²) in [4.78, 5) is 23.6. The van der Waals surface area contributed by atoms with Crippen molar-refractivity contribution in [3.63, 3.8) is 0 Å². The number of benzene rings is 2. The zero-order valence-corrected chi connectivity index (χ0v) is 16.3. The van der Waals surface area contributed by atoms with Crippen LogP contribution in [0.25, 0.3) is 0 Å². The fourth-order valence-corrected chi connectivity index (χ4v) is 2.38. The summed E-state index contributed by atoms with van der Waals surface area (Å²) in [6.07, 6.45) is 0. The molecule has 0 spiro atoms. The Balaban J connectivity index is 1.80. The average molecular weight is 407 g/mol. The second-order valence-corrected chi connectivity index (χ2v) is 5.72. The third kappa shape index (κ3) is 6.56. The van der Waals surface area contributed by atoms with E-state index in [-0.39, 0.29) is 12.3 Å². The number of carbonyl (C=O) groups excluding carboxylic acids is 2. The number of esters is 1. The smallest absolute Gasteiger partial charge is 0.344 e. The molecule has 2 aromatic carbocycles. The van der Waals surface area contributed by atoms with Crippen LogP contribution in [-0.4, -0.2) is 46.4 Å². The second kappa shape index (κ2) is 10.7. The molecule has 0 saturated carbocycles. The maximum absolute atomic E-state index is 13.0. The van der Waals surface area contributed by atoms with Gasteiger partial charge in [-0.1, -0.05) is 6.07 Å². The predicted octanol–water partition coefficient (Wildman–Crippen LogP) is 2.09. The third-order valence-electron chi connectivity index (χ3n) is 3.73. The Hall–Kier alpha value is -3.49. The average Bonchev–Trinajstić information content (AvgIpc) is 2.73. The van der Waals surface area contributed by atoms with E-state index in [1.807, 2.05) is 0 Å². The number of methoxy groups -OCH3 is 3. The van der Waals surface area contributed by atoms with Gasteiger partial charge in [-0.15, -0.1) is 0 Å². The molecule has 0 saturated heterocycles. The van der Waals surface area contributed by atoms with Crippen molar-refractivity contribution in [2.24, 2.45) is 0 Å². The van der Waals surface area contributed by atoms with Gasteiger partial charge in [0.05, 0.1) is 21.3 Å². The van der Waals surface area contributed by atoms with Crippen molar-refractivity contribution in [2.75, 3.05) is 34.5 Å². The number of hydrogen-bond donors (Lipinski definition) is 1. The SMILES string of the molecule is COc1cc(CNC(=O)COC(=O)COc2cccc(F)c2)cc(OC)c1OC. The van der Waals surface area contributed by atoms with Crippen molar-refractivity contribution < 1.29 is 37.7 Å². The Kier molecular flexibility index (Phi) is 8.08. The van der Waals surface area contributed by atoms with Gasteiger partial charge in [0.15, 0.2) is 24.7 Å². The number of nitrogens with one attached hydrogen (secondary N) is 1. The Morgan fingerprint density at radius 1 is 0.966 bits per heavy atom. The molecule has 0 radical (unpaired) electrons. The number of halogens is 1. The quantitative estimate of drug-likeness (QED) is 0.603. The molecular weight excluding hydrogens is 385 g/mol. The zero-order valence-electron chi connectivity index (χ0n) is 16.3.